The van der Waals surface area contributed by atoms with Crippen LogP contribution in [0.2, 0.25) is 0 Å². The van der Waals surface area contributed by atoms with Crippen molar-refractivity contribution in [3.8, 4) is 0 Å². The molecule has 2 aromatic heterocycles. The largest absolute Gasteiger partial charge is 0.459 e. The molecule has 5 rings (SSSR count). The van der Waals surface area contributed by atoms with E-state index >= 15 is 0 Å². The molecule has 1 saturated carbocycles. The molecule has 2 aromatic carbocycles. The predicted octanol–water partition coefficient (Wildman–Crippen LogP) is 6.22. The first-order valence-electron chi connectivity index (χ1n) is 13.0. The van der Waals surface area contributed by atoms with Crippen LogP contribution in [0.4, 0.5) is 10.1 Å². The number of carbonyl (C=O) groups excluding carboxylic acids is 2. The number of benzene rings is 2. The number of hydrogen-bond donors (Lipinski definition) is 1. The number of halogens is 1. The summed E-state index contributed by atoms with van der Waals surface area (Å²) in [7, 11) is 0. The van der Waals surface area contributed by atoms with Crippen LogP contribution < -0.4 is 10.2 Å². The molecule has 1 unspecified atom stereocenters. The van der Waals surface area contributed by atoms with Gasteiger partial charge in [-0.25, -0.2) is 4.39 Å². The van der Waals surface area contributed by atoms with E-state index in [4.69, 9.17) is 4.42 Å². The molecule has 1 aliphatic rings. The summed E-state index contributed by atoms with van der Waals surface area (Å²) in [6, 6.07) is 19.9. The van der Waals surface area contributed by atoms with Gasteiger partial charge in [0.25, 0.3) is 5.91 Å². The van der Waals surface area contributed by atoms with E-state index in [1.54, 1.807) is 42.7 Å². The predicted molar refractivity (Wildman–Crippen MR) is 143 cm³/mol. The van der Waals surface area contributed by atoms with Crippen LogP contribution in [0.1, 0.15) is 64.9 Å². The van der Waals surface area contributed by atoms with E-state index in [1.807, 2.05) is 18.2 Å². The van der Waals surface area contributed by atoms with Crippen LogP contribution in [0.15, 0.2) is 95.9 Å². The quantitative estimate of drug-likeness (QED) is 0.290. The van der Waals surface area contributed by atoms with E-state index < -0.39 is 11.9 Å². The Balaban J connectivity index is 1.46. The van der Waals surface area contributed by atoms with Crippen molar-refractivity contribution in [1.82, 2.24) is 10.3 Å². The van der Waals surface area contributed by atoms with Gasteiger partial charge in [-0.05, 0) is 78.8 Å². The zero-order valence-corrected chi connectivity index (χ0v) is 21.1. The summed E-state index contributed by atoms with van der Waals surface area (Å²) in [5, 5.41) is 2.94. The Labute approximate surface area is 221 Å². The molecule has 1 fully saturated rings. The summed E-state index contributed by atoms with van der Waals surface area (Å²) in [4.78, 5) is 33.2. The minimum Gasteiger partial charge on any atom is -0.459 e. The van der Waals surface area contributed by atoms with Crippen molar-refractivity contribution in [2.45, 2.75) is 44.1 Å². The SMILES string of the molecule is O=C(NCCc1cccc(F)c1)C(c1cccnc1)N(C(=O)c1ccco1)c1ccc(C2CCCC2)cc1. The Hall–Kier alpha value is -4.26. The summed E-state index contributed by atoms with van der Waals surface area (Å²) in [5.74, 6) is -0.463. The lowest BCUT2D eigenvalue weighted by Gasteiger charge is -2.31. The van der Waals surface area contributed by atoms with Gasteiger partial charge in [0.05, 0.1) is 6.26 Å². The molecule has 4 aromatic rings. The number of pyridine rings is 1. The van der Waals surface area contributed by atoms with E-state index in [-0.39, 0.29) is 24.0 Å². The molecule has 1 atom stereocenters. The maximum Gasteiger partial charge on any atom is 0.294 e. The summed E-state index contributed by atoms with van der Waals surface area (Å²) in [5.41, 5.74) is 3.17. The Kier molecular flexibility index (Phi) is 7.92. The van der Waals surface area contributed by atoms with Crippen molar-refractivity contribution in [2.75, 3.05) is 11.4 Å². The van der Waals surface area contributed by atoms with Crippen LogP contribution in [0.25, 0.3) is 0 Å². The lowest BCUT2D eigenvalue weighted by Crippen LogP contribution is -2.44. The highest BCUT2D eigenvalue weighted by Gasteiger charge is 2.34. The fraction of sp³-hybridized carbons (Fsp3) is 0.258. The number of anilines is 1. The Morgan fingerprint density at radius 1 is 1.03 bits per heavy atom. The molecule has 6 nitrogen and oxygen atoms in total. The zero-order valence-electron chi connectivity index (χ0n) is 21.1. The highest BCUT2D eigenvalue weighted by molar-refractivity contribution is 6.08. The van der Waals surface area contributed by atoms with Gasteiger partial charge in [0.2, 0.25) is 5.91 Å². The van der Waals surface area contributed by atoms with E-state index in [9.17, 15) is 14.0 Å². The lowest BCUT2D eigenvalue weighted by atomic mass is 9.97. The van der Waals surface area contributed by atoms with Gasteiger partial charge in [0, 0.05) is 30.2 Å². The first-order chi connectivity index (χ1) is 18.6. The van der Waals surface area contributed by atoms with Gasteiger partial charge in [0.15, 0.2) is 5.76 Å². The molecule has 38 heavy (non-hydrogen) atoms. The molecule has 2 amide bonds. The number of amides is 2. The molecule has 1 aliphatic carbocycles. The highest BCUT2D eigenvalue weighted by atomic mass is 19.1. The fourth-order valence-corrected chi connectivity index (χ4v) is 5.14. The van der Waals surface area contributed by atoms with E-state index in [1.165, 1.54) is 54.5 Å². The minimum atomic E-state index is -0.994. The molecule has 0 saturated heterocycles. The lowest BCUT2D eigenvalue weighted by molar-refractivity contribution is -0.122. The molecular weight excluding hydrogens is 481 g/mol. The Bertz CT molecular complexity index is 1350. The third-order valence-electron chi connectivity index (χ3n) is 7.06. The van der Waals surface area contributed by atoms with Gasteiger partial charge in [-0.15, -0.1) is 0 Å². The van der Waals surface area contributed by atoms with Crippen LogP contribution in [0.3, 0.4) is 0 Å². The molecule has 7 heteroatoms. The van der Waals surface area contributed by atoms with Crippen molar-refractivity contribution in [3.05, 3.63) is 120 Å². The Morgan fingerprint density at radius 2 is 1.84 bits per heavy atom. The summed E-state index contributed by atoms with van der Waals surface area (Å²) >= 11 is 0. The average Bonchev–Trinajstić information content (AvgIpc) is 3.67. The maximum absolute atomic E-state index is 13.8. The summed E-state index contributed by atoms with van der Waals surface area (Å²) < 4.78 is 19.0. The number of carbonyl (C=O) groups is 2. The highest BCUT2D eigenvalue weighted by Crippen LogP contribution is 2.36. The Morgan fingerprint density at radius 3 is 2.53 bits per heavy atom. The van der Waals surface area contributed by atoms with E-state index in [2.05, 4.69) is 22.4 Å². The standard InChI is InChI=1S/C31H30FN3O3/c32-26-10-3-6-22(20-26)16-18-34-30(36)29(25-9-4-17-33-21-25)35(31(37)28-11-5-19-38-28)27-14-12-24(13-15-27)23-7-1-2-8-23/h3-6,9-15,17,19-21,23,29H,1-2,7-8,16,18H2,(H,34,36). The molecule has 0 aliphatic heterocycles. The second-order valence-electron chi connectivity index (χ2n) is 9.59. The molecule has 0 bridgehead atoms. The summed E-state index contributed by atoms with van der Waals surface area (Å²) in [6.45, 7) is 0.280. The number of rotatable bonds is 9. The van der Waals surface area contributed by atoms with Gasteiger partial charge < -0.3 is 9.73 Å². The summed E-state index contributed by atoms with van der Waals surface area (Å²) in [6.07, 6.45) is 9.89. The van der Waals surface area contributed by atoms with Crippen molar-refractivity contribution in [2.24, 2.45) is 0 Å². The second kappa shape index (κ2) is 11.9. The van der Waals surface area contributed by atoms with Crippen LogP contribution in [0, 0.1) is 5.82 Å². The smallest absolute Gasteiger partial charge is 0.294 e. The van der Waals surface area contributed by atoms with Crippen molar-refractivity contribution in [1.29, 1.82) is 0 Å². The van der Waals surface area contributed by atoms with Crippen molar-refractivity contribution >= 4 is 17.5 Å². The van der Waals surface area contributed by atoms with Gasteiger partial charge >= 0.3 is 0 Å². The van der Waals surface area contributed by atoms with Gasteiger partial charge in [-0.3, -0.25) is 19.5 Å². The van der Waals surface area contributed by atoms with Crippen LogP contribution in [-0.4, -0.2) is 23.3 Å². The van der Waals surface area contributed by atoms with Crippen LogP contribution in [0.5, 0.6) is 0 Å². The zero-order chi connectivity index (χ0) is 26.3. The fourth-order valence-electron chi connectivity index (χ4n) is 5.14. The van der Waals surface area contributed by atoms with Gasteiger partial charge in [-0.2, -0.15) is 0 Å². The van der Waals surface area contributed by atoms with Gasteiger partial charge in [0.1, 0.15) is 11.9 Å². The van der Waals surface area contributed by atoms with Crippen molar-refractivity contribution in [3.63, 3.8) is 0 Å². The number of nitrogens with zero attached hydrogens (tertiary/aromatic N) is 2. The number of hydrogen-bond acceptors (Lipinski definition) is 4. The number of furan rings is 1. The van der Waals surface area contributed by atoms with E-state index in [0.29, 0.717) is 23.6 Å². The maximum atomic E-state index is 13.8. The topological polar surface area (TPSA) is 75.4 Å². The molecule has 0 spiro atoms. The normalized spacial score (nSPS) is 14.2. The van der Waals surface area contributed by atoms with E-state index in [0.717, 1.165) is 5.56 Å². The first kappa shape index (κ1) is 25.4. The van der Waals surface area contributed by atoms with Crippen LogP contribution >= 0.6 is 0 Å². The number of aromatic nitrogens is 1. The molecule has 194 valence electrons. The van der Waals surface area contributed by atoms with Crippen LogP contribution in [-0.2, 0) is 11.2 Å². The minimum absolute atomic E-state index is 0.131. The first-order valence-corrected chi connectivity index (χ1v) is 13.0. The third-order valence-corrected chi connectivity index (χ3v) is 7.06. The van der Waals surface area contributed by atoms with Crippen molar-refractivity contribution < 1.29 is 18.4 Å². The number of nitrogens with one attached hydrogen (secondary N) is 1. The average molecular weight is 512 g/mol. The second-order valence-corrected chi connectivity index (χ2v) is 9.59. The molecule has 0 radical (unpaired) electrons. The van der Waals surface area contributed by atoms with Gasteiger partial charge in [-0.1, -0.05) is 43.2 Å². The monoisotopic (exact) mass is 511 g/mol. The molecule has 1 N–H and O–H groups in total. The molecular formula is C31H30FN3O3. The molecule has 2 heterocycles. The third kappa shape index (κ3) is 5.83.